The van der Waals surface area contributed by atoms with Crippen LogP contribution in [0.3, 0.4) is 0 Å². The molecule has 0 N–H and O–H groups in total. The van der Waals surface area contributed by atoms with Crippen molar-refractivity contribution in [1.29, 1.82) is 0 Å². The predicted molar refractivity (Wildman–Crippen MR) is 57.3 cm³/mol. The summed E-state index contributed by atoms with van der Waals surface area (Å²) in [6, 6.07) is 0. The molecule has 0 saturated carbocycles. The van der Waals surface area contributed by atoms with Gasteiger partial charge in [0.2, 0.25) is 0 Å². The van der Waals surface area contributed by atoms with E-state index in [0.29, 0.717) is 5.92 Å². The summed E-state index contributed by atoms with van der Waals surface area (Å²) in [6.07, 6.45) is 10.0. The molecular weight excluding hydrogens is 160 g/mol. The summed E-state index contributed by atoms with van der Waals surface area (Å²) < 4.78 is 0. The minimum absolute atomic E-state index is 0.145. The van der Waals surface area contributed by atoms with Crippen LogP contribution in [0.25, 0.3) is 0 Å². The Balaban J connectivity index is 3.25. The first-order valence-electron chi connectivity index (χ1n) is 5.93. The van der Waals surface area contributed by atoms with Gasteiger partial charge in [0.25, 0.3) is 0 Å². The van der Waals surface area contributed by atoms with Crippen LogP contribution in [0.5, 0.6) is 0 Å². The van der Waals surface area contributed by atoms with Gasteiger partial charge in [0.1, 0.15) is 0 Å². The normalized spacial score (nSPS) is 13.2. The molecule has 0 heterocycles. The summed E-state index contributed by atoms with van der Waals surface area (Å²) in [5, 5.41) is 10.8. The van der Waals surface area contributed by atoms with Crippen molar-refractivity contribution in [1.82, 2.24) is 0 Å². The Labute approximate surface area is 83.5 Å². The lowest BCUT2D eigenvalue weighted by molar-refractivity contribution is 0.131. The molecular formula is C12H25O. The van der Waals surface area contributed by atoms with Crippen LogP contribution < -0.4 is 0 Å². The average Bonchev–Trinajstić information content (AvgIpc) is 2.17. The Kier molecular flexibility index (Phi) is 10.0. The molecule has 1 heteroatoms. The molecule has 0 amide bonds. The third-order valence-corrected chi connectivity index (χ3v) is 2.67. The van der Waals surface area contributed by atoms with Gasteiger partial charge in [-0.3, -0.25) is 0 Å². The summed E-state index contributed by atoms with van der Waals surface area (Å²) in [4.78, 5) is 0. The van der Waals surface area contributed by atoms with Gasteiger partial charge in [-0.25, -0.2) is 5.11 Å². The maximum absolute atomic E-state index is 10.8. The Bertz CT molecular complexity index is 91.1. The third-order valence-electron chi connectivity index (χ3n) is 2.67. The summed E-state index contributed by atoms with van der Waals surface area (Å²) >= 11 is 0. The quantitative estimate of drug-likeness (QED) is 0.480. The van der Waals surface area contributed by atoms with Gasteiger partial charge in [-0.15, -0.1) is 0 Å². The molecule has 1 nitrogen and oxygen atoms in total. The van der Waals surface area contributed by atoms with Gasteiger partial charge in [0, 0.05) is 0 Å². The van der Waals surface area contributed by atoms with E-state index in [1.54, 1.807) is 0 Å². The second-order valence-electron chi connectivity index (χ2n) is 4.02. The van der Waals surface area contributed by atoms with Gasteiger partial charge in [-0.2, -0.15) is 0 Å². The first-order valence-corrected chi connectivity index (χ1v) is 5.93. The van der Waals surface area contributed by atoms with Crippen molar-refractivity contribution in [2.75, 3.05) is 6.61 Å². The van der Waals surface area contributed by atoms with E-state index in [1.807, 2.05) is 0 Å². The highest BCUT2D eigenvalue weighted by molar-refractivity contribution is 4.57. The molecule has 0 saturated heterocycles. The highest BCUT2D eigenvalue weighted by atomic mass is 16.3. The lowest BCUT2D eigenvalue weighted by atomic mass is 9.96. The van der Waals surface area contributed by atoms with Crippen molar-refractivity contribution in [3.05, 3.63) is 0 Å². The van der Waals surface area contributed by atoms with Gasteiger partial charge in [0.15, 0.2) is 0 Å². The van der Waals surface area contributed by atoms with Crippen molar-refractivity contribution in [3.8, 4) is 0 Å². The number of rotatable bonds is 9. The maximum Gasteiger partial charge on any atom is 0.0850 e. The molecule has 0 aliphatic rings. The average molecular weight is 185 g/mol. The topological polar surface area (TPSA) is 19.9 Å². The molecule has 0 aromatic carbocycles. The van der Waals surface area contributed by atoms with Crippen molar-refractivity contribution >= 4 is 0 Å². The molecule has 1 radical (unpaired) electrons. The van der Waals surface area contributed by atoms with Crippen LogP contribution in [0, 0.1) is 5.92 Å². The summed E-state index contributed by atoms with van der Waals surface area (Å²) in [7, 11) is 0. The molecule has 0 spiro atoms. The highest BCUT2D eigenvalue weighted by Crippen LogP contribution is 2.16. The van der Waals surface area contributed by atoms with E-state index >= 15 is 0 Å². The molecule has 1 atom stereocenters. The maximum atomic E-state index is 10.8. The van der Waals surface area contributed by atoms with Gasteiger partial charge >= 0.3 is 0 Å². The van der Waals surface area contributed by atoms with E-state index in [0.717, 1.165) is 6.42 Å². The fourth-order valence-electron chi connectivity index (χ4n) is 1.66. The second kappa shape index (κ2) is 10.0. The van der Waals surface area contributed by atoms with Gasteiger partial charge in [-0.1, -0.05) is 52.4 Å². The molecule has 0 rings (SSSR count). The van der Waals surface area contributed by atoms with E-state index in [1.165, 1.54) is 44.9 Å². The van der Waals surface area contributed by atoms with E-state index in [2.05, 4.69) is 13.8 Å². The van der Waals surface area contributed by atoms with Crippen LogP contribution in [-0.2, 0) is 5.11 Å². The summed E-state index contributed by atoms with van der Waals surface area (Å²) in [5.41, 5.74) is 0. The Morgan fingerprint density at radius 1 is 0.846 bits per heavy atom. The molecule has 0 bridgehead atoms. The van der Waals surface area contributed by atoms with Crippen LogP contribution in [0.4, 0.5) is 0 Å². The minimum atomic E-state index is 0.145. The fourth-order valence-corrected chi connectivity index (χ4v) is 1.66. The van der Waals surface area contributed by atoms with E-state index in [-0.39, 0.29) is 6.61 Å². The zero-order valence-electron chi connectivity index (χ0n) is 9.35. The lowest BCUT2D eigenvalue weighted by Gasteiger charge is -2.11. The third kappa shape index (κ3) is 8.29. The van der Waals surface area contributed by atoms with Crippen molar-refractivity contribution in [2.24, 2.45) is 5.92 Å². The Hall–Kier alpha value is -0.0400. The first-order chi connectivity index (χ1) is 6.35. The van der Waals surface area contributed by atoms with Crippen LogP contribution in [0.1, 0.15) is 65.2 Å². The first kappa shape index (κ1) is 13.0. The number of hydrogen-bond acceptors (Lipinski definition) is 0. The summed E-state index contributed by atoms with van der Waals surface area (Å²) in [6.45, 7) is 4.56. The highest BCUT2D eigenvalue weighted by Gasteiger charge is 2.06. The molecule has 0 fully saturated rings. The monoisotopic (exact) mass is 185 g/mol. The van der Waals surface area contributed by atoms with Gasteiger partial charge < -0.3 is 0 Å². The fraction of sp³-hybridized carbons (Fsp3) is 1.00. The van der Waals surface area contributed by atoms with Crippen molar-refractivity contribution in [2.45, 2.75) is 65.2 Å². The molecule has 13 heavy (non-hydrogen) atoms. The zero-order chi connectivity index (χ0) is 9.94. The number of hydrogen-bond donors (Lipinski definition) is 0. The molecule has 0 aromatic heterocycles. The largest absolute Gasteiger partial charge is 0.236 e. The molecule has 79 valence electrons. The predicted octanol–water partition coefficient (Wildman–Crippen LogP) is 4.19. The molecule has 0 aliphatic carbocycles. The van der Waals surface area contributed by atoms with E-state index in [4.69, 9.17) is 0 Å². The summed E-state index contributed by atoms with van der Waals surface area (Å²) in [5.74, 6) is 0.469. The van der Waals surface area contributed by atoms with Crippen LogP contribution in [0.15, 0.2) is 0 Å². The van der Waals surface area contributed by atoms with Crippen molar-refractivity contribution in [3.63, 3.8) is 0 Å². The Morgan fingerprint density at radius 2 is 1.46 bits per heavy atom. The van der Waals surface area contributed by atoms with Gasteiger partial charge in [0.05, 0.1) is 6.61 Å². The van der Waals surface area contributed by atoms with Crippen LogP contribution in [-0.4, -0.2) is 6.61 Å². The van der Waals surface area contributed by atoms with Crippen molar-refractivity contribution < 1.29 is 5.11 Å². The number of unbranched alkanes of at least 4 members (excludes halogenated alkanes) is 4. The molecule has 1 unspecified atom stereocenters. The van der Waals surface area contributed by atoms with Crippen LogP contribution in [0.2, 0.25) is 0 Å². The van der Waals surface area contributed by atoms with Crippen LogP contribution >= 0.6 is 0 Å². The standard InChI is InChI=1S/C12H25O/c1-3-5-7-8-10-12(11-13)9-6-4-2/h12H,3-11H2,1-2H3. The van der Waals surface area contributed by atoms with Gasteiger partial charge in [-0.05, 0) is 18.8 Å². The zero-order valence-corrected chi connectivity index (χ0v) is 9.35. The SMILES string of the molecule is CCCCCCC(C[O])CCCC. The second-order valence-corrected chi connectivity index (χ2v) is 4.02. The smallest absolute Gasteiger partial charge is 0.0850 e. The Morgan fingerprint density at radius 3 is 2.00 bits per heavy atom. The molecule has 0 aromatic rings. The lowest BCUT2D eigenvalue weighted by Crippen LogP contribution is -2.04. The van der Waals surface area contributed by atoms with E-state index < -0.39 is 0 Å². The molecule has 0 aliphatic heterocycles. The van der Waals surface area contributed by atoms with E-state index in [9.17, 15) is 5.11 Å². The minimum Gasteiger partial charge on any atom is -0.236 e.